The minimum Gasteiger partial charge on any atom is -0.299 e. The number of nitro groups is 1. The normalized spacial score (nSPS) is 10.3. The highest BCUT2D eigenvalue weighted by atomic mass is 16.6. The van der Waals surface area contributed by atoms with Crippen molar-refractivity contribution in [3.8, 4) is 0 Å². The lowest BCUT2D eigenvalue weighted by Crippen LogP contribution is -2.10. The molecule has 0 aliphatic carbocycles. The van der Waals surface area contributed by atoms with Gasteiger partial charge in [0.2, 0.25) is 0 Å². The van der Waals surface area contributed by atoms with Gasteiger partial charge in [-0.2, -0.15) is 0 Å². The van der Waals surface area contributed by atoms with E-state index in [0.29, 0.717) is 6.42 Å². The van der Waals surface area contributed by atoms with E-state index in [1.165, 1.54) is 18.2 Å². The molecule has 0 atom stereocenters. The predicted molar refractivity (Wildman–Crippen MR) is 80.4 cm³/mol. The van der Waals surface area contributed by atoms with Crippen LogP contribution < -0.4 is 0 Å². The first kappa shape index (κ1) is 17.0. The molecule has 0 saturated heterocycles. The summed E-state index contributed by atoms with van der Waals surface area (Å²) in [7, 11) is 0. The van der Waals surface area contributed by atoms with Crippen LogP contribution in [0.5, 0.6) is 0 Å². The van der Waals surface area contributed by atoms with Crippen LogP contribution in [-0.2, 0) is 4.79 Å². The number of rotatable bonds is 10. The second kappa shape index (κ2) is 9.00. The van der Waals surface area contributed by atoms with Crippen LogP contribution in [0.15, 0.2) is 24.3 Å². The molecule has 5 heteroatoms. The van der Waals surface area contributed by atoms with Gasteiger partial charge in [0, 0.05) is 12.5 Å². The molecule has 1 rings (SSSR count). The Labute approximate surface area is 124 Å². The van der Waals surface area contributed by atoms with Crippen molar-refractivity contribution in [2.24, 2.45) is 0 Å². The molecule has 0 heterocycles. The lowest BCUT2D eigenvalue weighted by molar-refractivity contribution is -0.385. The third-order valence-electron chi connectivity index (χ3n) is 3.32. The third kappa shape index (κ3) is 5.85. The highest BCUT2D eigenvalue weighted by molar-refractivity contribution is 6.09. The van der Waals surface area contributed by atoms with Gasteiger partial charge >= 0.3 is 0 Å². The van der Waals surface area contributed by atoms with E-state index in [0.717, 1.165) is 32.1 Å². The molecule has 0 aliphatic rings. The highest BCUT2D eigenvalue weighted by Crippen LogP contribution is 2.19. The maximum absolute atomic E-state index is 12.0. The average molecular weight is 291 g/mol. The summed E-state index contributed by atoms with van der Waals surface area (Å²) in [5.74, 6) is -0.615. The predicted octanol–water partition coefficient (Wildman–Crippen LogP) is 4.10. The smallest absolute Gasteiger partial charge is 0.280 e. The molecule has 0 bridgehead atoms. The van der Waals surface area contributed by atoms with Gasteiger partial charge in [0.25, 0.3) is 5.69 Å². The van der Waals surface area contributed by atoms with E-state index < -0.39 is 10.7 Å². The average Bonchev–Trinajstić information content (AvgIpc) is 2.47. The zero-order chi connectivity index (χ0) is 15.7. The van der Waals surface area contributed by atoms with E-state index in [1.807, 2.05) is 0 Å². The fourth-order valence-electron chi connectivity index (χ4n) is 2.16. The molecular weight excluding hydrogens is 270 g/mol. The largest absolute Gasteiger partial charge is 0.299 e. The number of carbonyl (C=O) groups is 2. The molecule has 0 spiro atoms. The summed E-state index contributed by atoms with van der Waals surface area (Å²) in [5.41, 5.74) is -0.222. The quantitative estimate of drug-likeness (QED) is 0.214. The molecule has 21 heavy (non-hydrogen) atoms. The van der Waals surface area contributed by atoms with Gasteiger partial charge in [0.05, 0.1) is 16.9 Å². The minimum absolute atomic E-state index is 0.0156. The van der Waals surface area contributed by atoms with Crippen LogP contribution in [0.1, 0.15) is 62.2 Å². The zero-order valence-electron chi connectivity index (χ0n) is 12.3. The first-order chi connectivity index (χ1) is 10.1. The van der Waals surface area contributed by atoms with Crippen molar-refractivity contribution in [2.45, 2.75) is 51.9 Å². The fourth-order valence-corrected chi connectivity index (χ4v) is 2.16. The number of nitrogens with zero attached hydrogens (tertiary/aromatic N) is 1. The van der Waals surface area contributed by atoms with Crippen LogP contribution in [0, 0.1) is 10.1 Å². The Morgan fingerprint density at radius 2 is 1.76 bits per heavy atom. The third-order valence-corrected chi connectivity index (χ3v) is 3.32. The Bertz CT molecular complexity index is 511. The number of unbranched alkanes of at least 4 members (excludes halogenated alkanes) is 4. The van der Waals surface area contributed by atoms with E-state index >= 15 is 0 Å². The van der Waals surface area contributed by atoms with Crippen LogP contribution >= 0.6 is 0 Å². The minimum atomic E-state index is -0.595. The van der Waals surface area contributed by atoms with Gasteiger partial charge in [0.15, 0.2) is 5.78 Å². The molecular formula is C16H21NO4. The summed E-state index contributed by atoms with van der Waals surface area (Å²) >= 11 is 0. The van der Waals surface area contributed by atoms with Crippen LogP contribution in [0.25, 0.3) is 0 Å². The van der Waals surface area contributed by atoms with Crippen molar-refractivity contribution in [1.82, 2.24) is 0 Å². The number of Topliss-reactive ketones (excluding diaryl/α,β-unsaturated/α-hetero) is 2. The zero-order valence-corrected chi connectivity index (χ0v) is 12.3. The Morgan fingerprint density at radius 3 is 2.43 bits per heavy atom. The molecule has 1 aromatic carbocycles. The molecule has 0 radical (unpaired) electrons. The summed E-state index contributed by atoms with van der Waals surface area (Å²) < 4.78 is 0. The lowest BCUT2D eigenvalue weighted by Gasteiger charge is -2.02. The van der Waals surface area contributed by atoms with E-state index in [2.05, 4.69) is 6.92 Å². The molecule has 1 aromatic rings. The number of hydrogen-bond acceptors (Lipinski definition) is 4. The highest BCUT2D eigenvalue weighted by Gasteiger charge is 2.20. The topological polar surface area (TPSA) is 77.3 Å². The molecule has 5 nitrogen and oxygen atoms in total. The molecule has 0 fully saturated rings. The van der Waals surface area contributed by atoms with Gasteiger partial charge in [-0.25, -0.2) is 0 Å². The number of ketones is 2. The summed E-state index contributed by atoms with van der Waals surface area (Å²) in [6.07, 6.45) is 5.28. The molecule has 0 amide bonds. The SMILES string of the molecule is CCCCCCCC(=O)CC(=O)c1ccccc1[N+](=O)[O-]. The number of benzene rings is 1. The number of para-hydroxylation sites is 1. The van der Waals surface area contributed by atoms with Gasteiger partial charge < -0.3 is 0 Å². The molecule has 0 saturated carbocycles. The molecule has 0 N–H and O–H groups in total. The molecule has 0 aliphatic heterocycles. The number of hydrogen-bond donors (Lipinski definition) is 0. The van der Waals surface area contributed by atoms with E-state index in [1.54, 1.807) is 6.07 Å². The van der Waals surface area contributed by atoms with Crippen molar-refractivity contribution in [3.05, 3.63) is 39.9 Å². The monoisotopic (exact) mass is 291 g/mol. The number of nitro benzene ring substituents is 1. The Balaban J connectivity index is 2.50. The molecule has 0 aromatic heterocycles. The Morgan fingerprint density at radius 1 is 1.10 bits per heavy atom. The van der Waals surface area contributed by atoms with Crippen LogP contribution in [0.4, 0.5) is 5.69 Å². The molecule has 0 unspecified atom stereocenters. The molecule has 114 valence electrons. The van der Waals surface area contributed by atoms with Crippen molar-refractivity contribution in [1.29, 1.82) is 0 Å². The fraction of sp³-hybridized carbons (Fsp3) is 0.500. The number of carbonyl (C=O) groups excluding carboxylic acids is 2. The van der Waals surface area contributed by atoms with E-state index in [4.69, 9.17) is 0 Å². The van der Waals surface area contributed by atoms with Crippen LogP contribution in [0.3, 0.4) is 0 Å². The Kier molecular flexibility index (Phi) is 7.29. The maximum Gasteiger partial charge on any atom is 0.280 e. The van der Waals surface area contributed by atoms with Gasteiger partial charge in [-0.3, -0.25) is 19.7 Å². The van der Waals surface area contributed by atoms with Gasteiger partial charge in [-0.1, -0.05) is 44.7 Å². The van der Waals surface area contributed by atoms with Crippen LogP contribution in [-0.4, -0.2) is 16.5 Å². The van der Waals surface area contributed by atoms with Crippen molar-refractivity contribution >= 4 is 17.3 Å². The van der Waals surface area contributed by atoms with Gasteiger partial charge in [-0.15, -0.1) is 0 Å². The lowest BCUT2D eigenvalue weighted by atomic mass is 10.0. The van der Waals surface area contributed by atoms with E-state index in [9.17, 15) is 19.7 Å². The summed E-state index contributed by atoms with van der Waals surface area (Å²) in [6.45, 7) is 2.12. The van der Waals surface area contributed by atoms with Crippen molar-refractivity contribution in [3.63, 3.8) is 0 Å². The van der Waals surface area contributed by atoms with Crippen molar-refractivity contribution in [2.75, 3.05) is 0 Å². The van der Waals surface area contributed by atoms with Gasteiger partial charge in [-0.05, 0) is 12.5 Å². The van der Waals surface area contributed by atoms with E-state index in [-0.39, 0.29) is 23.5 Å². The second-order valence-electron chi connectivity index (χ2n) is 5.08. The summed E-state index contributed by atoms with van der Waals surface area (Å²) in [5, 5.41) is 10.9. The first-order valence-electron chi connectivity index (χ1n) is 7.34. The second-order valence-corrected chi connectivity index (χ2v) is 5.08. The summed E-state index contributed by atoms with van der Waals surface area (Å²) in [6, 6.07) is 5.75. The van der Waals surface area contributed by atoms with Gasteiger partial charge in [0.1, 0.15) is 5.78 Å². The maximum atomic E-state index is 12.0. The Hall–Kier alpha value is -2.04. The van der Waals surface area contributed by atoms with Crippen LogP contribution in [0.2, 0.25) is 0 Å². The van der Waals surface area contributed by atoms with Crippen molar-refractivity contribution < 1.29 is 14.5 Å². The first-order valence-corrected chi connectivity index (χ1v) is 7.34. The summed E-state index contributed by atoms with van der Waals surface area (Å²) in [4.78, 5) is 34.0. The standard InChI is InChI=1S/C16H21NO4/c1-2-3-4-5-6-9-13(18)12-16(19)14-10-7-8-11-15(14)17(20)21/h7-8,10-11H,2-6,9,12H2,1H3.